The van der Waals surface area contributed by atoms with Crippen LogP contribution in [-0.2, 0) is 18.3 Å². The molecule has 0 amide bonds. The van der Waals surface area contributed by atoms with E-state index in [0.717, 1.165) is 25.8 Å². The van der Waals surface area contributed by atoms with Crippen molar-refractivity contribution in [2.24, 2.45) is 7.05 Å². The van der Waals surface area contributed by atoms with Crippen LogP contribution >= 0.6 is 0 Å². The van der Waals surface area contributed by atoms with E-state index in [0.29, 0.717) is 0 Å². The van der Waals surface area contributed by atoms with E-state index in [2.05, 4.69) is 0 Å². The highest BCUT2D eigenvalue weighted by atomic mass is 16.5. The third kappa shape index (κ3) is 4.96. The maximum absolute atomic E-state index is 12.8. The molecule has 0 atom stereocenters. The molecule has 0 saturated heterocycles. The first-order chi connectivity index (χ1) is 16.9. The van der Waals surface area contributed by atoms with Gasteiger partial charge < -0.3 is 10.5 Å². The number of rotatable bonds is 7. The topological polar surface area (TPSA) is 113 Å². The van der Waals surface area contributed by atoms with Crippen LogP contribution in [0.3, 0.4) is 0 Å². The number of aromatic nitrogens is 2. The molecule has 2 N–H and O–H groups in total. The first kappa shape index (κ1) is 23.4. The Morgan fingerprint density at radius 2 is 1.40 bits per heavy atom. The lowest BCUT2D eigenvalue weighted by Crippen LogP contribution is -2.43. The summed E-state index contributed by atoms with van der Waals surface area (Å²) in [6, 6.07) is 25.4. The zero-order valence-electron chi connectivity index (χ0n) is 19.0. The molecule has 176 valence electrons. The largest absolute Gasteiger partial charge is 0.454 e. The van der Waals surface area contributed by atoms with Crippen LogP contribution in [0.2, 0.25) is 0 Å². The molecule has 0 aliphatic rings. The molecule has 1 aromatic heterocycles. The molecule has 0 radical (unpaired) electrons. The van der Waals surface area contributed by atoms with Crippen molar-refractivity contribution in [1.29, 1.82) is 0 Å². The van der Waals surface area contributed by atoms with Crippen molar-refractivity contribution in [3.05, 3.63) is 122 Å². The molecule has 8 heteroatoms. The quantitative estimate of drug-likeness (QED) is 0.329. The van der Waals surface area contributed by atoms with E-state index in [4.69, 9.17) is 10.5 Å². The van der Waals surface area contributed by atoms with Gasteiger partial charge in [0.15, 0.2) is 6.61 Å². The molecule has 35 heavy (non-hydrogen) atoms. The van der Waals surface area contributed by atoms with Gasteiger partial charge in [-0.05, 0) is 28.8 Å². The molecule has 1 heterocycles. The molecule has 0 unspecified atom stereocenters. The summed E-state index contributed by atoms with van der Waals surface area (Å²) in [5, 5.41) is 0. The van der Waals surface area contributed by atoms with E-state index in [1.807, 2.05) is 36.4 Å². The van der Waals surface area contributed by atoms with E-state index < -0.39 is 35.2 Å². The molecule has 3 aromatic carbocycles. The lowest BCUT2D eigenvalue weighted by Gasteiger charge is -2.14. The van der Waals surface area contributed by atoms with Crippen molar-refractivity contribution in [3.63, 3.8) is 0 Å². The molecule has 0 fully saturated rings. The smallest absolute Gasteiger partial charge is 0.338 e. The molecular weight excluding hydrogens is 446 g/mol. The predicted molar refractivity (Wildman–Crippen MR) is 132 cm³/mol. The van der Waals surface area contributed by atoms with Crippen molar-refractivity contribution in [1.82, 2.24) is 9.13 Å². The average Bonchev–Trinajstić information content (AvgIpc) is 2.90. The number of hydrogen-bond donors (Lipinski definition) is 1. The summed E-state index contributed by atoms with van der Waals surface area (Å²) in [5.74, 6) is -1.78. The van der Waals surface area contributed by atoms with Gasteiger partial charge in [0, 0.05) is 7.05 Å². The van der Waals surface area contributed by atoms with Gasteiger partial charge in [-0.1, -0.05) is 72.8 Å². The number of ether oxygens (including phenoxy) is 1. The van der Waals surface area contributed by atoms with Gasteiger partial charge in [-0.2, -0.15) is 0 Å². The van der Waals surface area contributed by atoms with Gasteiger partial charge in [-0.25, -0.2) is 9.59 Å². The Labute approximate surface area is 200 Å². The summed E-state index contributed by atoms with van der Waals surface area (Å²) in [5.41, 5.74) is 7.14. The van der Waals surface area contributed by atoms with Crippen molar-refractivity contribution >= 4 is 17.6 Å². The maximum atomic E-state index is 12.8. The van der Waals surface area contributed by atoms with E-state index in [1.54, 1.807) is 48.5 Å². The highest BCUT2D eigenvalue weighted by Gasteiger charge is 2.23. The minimum Gasteiger partial charge on any atom is -0.454 e. The van der Waals surface area contributed by atoms with Crippen LogP contribution in [0.5, 0.6) is 0 Å². The third-order valence-corrected chi connectivity index (χ3v) is 5.61. The number of ketones is 1. The van der Waals surface area contributed by atoms with Crippen LogP contribution in [0, 0.1) is 0 Å². The Balaban J connectivity index is 1.52. The van der Waals surface area contributed by atoms with Gasteiger partial charge in [0.05, 0.1) is 12.1 Å². The van der Waals surface area contributed by atoms with Crippen molar-refractivity contribution in [2.45, 2.75) is 6.54 Å². The summed E-state index contributed by atoms with van der Waals surface area (Å²) in [6.07, 6.45) is 0. The van der Waals surface area contributed by atoms with Crippen LogP contribution in [0.25, 0.3) is 11.1 Å². The van der Waals surface area contributed by atoms with Gasteiger partial charge in [0.25, 0.3) is 5.56 Å². The molecule has 4 rings (SSSR count). The number of nitrogens with zero attached hydrogens (tertiary/aromatic N) is 2. The van der Waals surface area contributed by atoms with Crippen LogP contribution < -0.4 is 17.0 Å². The predicted octanol–water partition coefficient (Wildman–Crippen LogP) is 2.88. The molecule has 0 spiro atoms. The fourth-order valence-corrected chi connectivity index (χ4v) is 3.68. The van der Waals surface area contributed by atoms with Gasteiger partial charge in [0.2, 0.25) is 5.78 Å². The van der Waals surface area contributed by atoms with Crippen LogP contribution in [0.1, 0.15) is 26.3 Å². The Hall–Kier alpha value is -4.72. The number of benzene rings is 3. The van der Waals surface area contributed by atoms with Crippen LogP contribution in [-0.4, -0.2) is 27.5 Å². The molecule has 8 nitrogen and oxygen atoms in total. The van der Waals surface area contributed by atoms with E-state index in [9.17, 15) is 19.2 Å². The van der Waals surface area contributed by atoms with Gasteiger partial charge >= 0.3 is 11.7 Å². The standard InChI is InChI=1S/C27H23N3O5/c1-29-25(32)23(24(28)30(27(29)34)16-18-8-4-2-5-9-18)22(31)17-35-26(33)21-14-12-20(13-15-21)19-10-6-3-7-11-19/h2-15H,16-17,28H2,1H3. The van der Waals surface area contributed by atoms with Crippen LogP contribution in [0.4, 0.5) is 5.82 Å². The first-order valence-corrected chi connectivity index (χ1v) is 10.9. The molecule has 0 aliphatic carbocycles. The number of Topliss-reactive ketones (excluding diaryl/α,β-unsaturated/α-hetero) is 1. The van der Waals surface area contributed by atoms with E-state index in [-0.39, 0.29) is 17.9 Å². The fraction of sp³-hybridized carbons (Fsp3) is 0.111. The molecule has 0 bridgehead atoms. The Morgan fingerprint density at radius 1 is 0.829 bits per heavy atom. The van der Waals surface area contributed by atoms with E-state index >= 15 is 0 Å². The van der Waals surface area contributed by atoms with Gasteiger partial charge in [-0.3, -0.25) is 18.7 Å². The minimum absolute atomic E-state index is 0.0768. The number of anilines is 1. The lowest BCUT2D eigenvalue weighted by molar-refractivity contribution is 0.0474. The molecule has 0 saturated carbocycles. The van der Waals surface area contributed by atoms with Crippen molar-refractivity contribution in [3.8, 4) is 11.1 Å². The number of hydrogen-bond acceptors (Lipinski definition) is 6. The number of carbonyl (C=O) groups excluding carboxylic acids is 2. The van der Waals surface area contributed by atoms with Crippen LogP contribution in [0.15, 0.2) is 94.5 Å². The van der Waals surface area contributed by atoms with E-state index in [1.165, 1.54) is 7.05 Å². The lowest BCUT2D eigenvalue weighted by atomic mass is 10.0. The summed E-state index contributed by atoms with van der Waals surface area (Å²) >= 11 is 0. The average molecular weight is 469 g/mol. The summed E-state index contributed by atoms with van der Waals surface area (Å²) in [4.78, 5) is 50.6. The highest BCUT2D eigenvalue weighted by Crippen LogP contribution is 2.19. The Kier molecular flexibility index (Phi) is 6.73. The number of carbonyl (C=O) groups is 2. The van der Waals surface area contributed by atoms with Crippen molar-refractivity contribution in [2.75, 3.05) is 12.3 Å². The minimum atomic E-state index is -0.843. The second-order valence-electron chi connectivity index (χ2n) is 7.92. The maximum Gasteiger partial charge on any atom is 0.338 e. The summed E-state index contributed by atoms with van der Waals surface area (Å²) in [6.45, 7) is -0.615. The molecular formula is C27H23N3O5. The van der Waals surface area contributed by atoms with Gasteiger partial charge in [-0.15, -0.1) is 0 Å². The normalized spacial score (nSPS) is 10.7. The SMILES string of the molecule is Cn1c(=O)c(C(=O)COC(=O)c2ccc(-c3ccccc3)cc2)c(N)n(Cc2ccccc2)c1=O. The van der Waals surface area contributed by atoms with Gasteiger partial charge in [0.1, 0.15) is 11.4 Å². The summed E-state index contributed by atoms with van der Waals surface area (Å²) < 4.78 is 7.11. The third-order valence-electron chi connectivity index (χ3n) is 5.61. The zero-order chi connectivity index (χ0) is 24.9. The van der Waals surface area contributed by atoms with Crippen molar-refractivity contribution < 1.29 is 14.3 Å². The number of esters is 1. The monoisotopic (exact) mass is 469 g/mol. The number of nitrogens with two attached hydrogens (primary N) is 1. The second kappa shape index (κ2) is 10.0. The molecule has 4 aromatic rings. The second-order valence-corrected chi connectivity index (χ2v) is 7.92. The Morgan fingerprint density at radius 3 is 2.03 bits per heavy atom. The zero-order valence-corrected chi connectivity index (χ0v) is 19.0. The highest BCUT2D eigenvalue weighted by molar-refractivity contribution is 6.02. The Bertz CT molecular complexity index is 1490. The number of nitrogen functional groups attached to an aromatic ring is 1. The molecule has 0 aliphatic heterocycles. The fourth-order valence-electron chi connectivity index (χ4n) is 3.68. The summed E-state index contributed by atoms with van der Waals surface area (Å²) in [7, 11) is 1.27. The first-order valence-electron chi connectivity index (χ1n) is 10.9.